The van der Waals surface area contributed by atoms with Crippen LogP contribution in [0.1, 0.15) is 0 Å². The molecule has 0 aromatic rings. The minimum absolute atomic E-state index is 0. The second-order valence-electron chi connectivity index (χ2n) is 1.05. The van der Waals surface area contributed by atoms with Crippen molar-refractivity contribution in [3.8, 4) is 0 Å². The monoisotopic (exact) mass is 209 g/mol. The molecule has 0 spiro atoms. The molecule has 0 aliphatic heterocycles. The number of carbonyl (C=O) groups is 2. The molecule has 1 radical (unpaired) electrons. The van der Waals surface area contributed by atoms with Crippen LogP contribution < -0.4 is 10.2 Å². The summed E-state index contributed by atoms with van der Waals surface area (Å²) in [5.41, 5.74) is 0. The van der Waals surface area contributed by atoms with Crippen molar-refractivity contribution in [2.24, 2.45) is 0 Å². The minimum atomic E-state index is -1.23. The normalized spacial score (nSPS) is 5.33. The van der Waals surface area contributed by atoms with Crippen molar-refractivity contribution >= 4 is 30.8 Å². The summed E-state index contributed by atoms with van der Waals surface area (Å²) >= 11 is 0. The van der Waals surface area contributed by atoms with Crippen molar-refractivity contribution in [1.82, 2.24) is 0 Å². The van der Waals surface area contributed by atoms with E-state index in [1.54, 1.807) is 0 Å². The molecule has 0 unspecified atom stereocenters. The average molecular weight is 209 g/mol. The van der Waals surface area contributed by atoms with Crippen molar-refractivity contribution in [2.45, 2.75) is 0 Å². The van der Waals surface area contributed by atoms with Gasteiger partial charge in [0.25, 0.3) is 0 Å². The Morgan fingerprint density at radius 1 is 1.00 bits per heavy atom. The first-order valence-electron chi connectivity index (χ1n) is 2.21. The van der Waals surface area contributed by atoms with Crippen LogP contribution >= 0.6 is 0 Å². The van der Waals surface area contributed by atoms with Crippen molar-refractivity contribution < 1.29 is 36.6 Å². The number of carbonyl (C=O) groups excluding carboxylic acids is 2. The van der Waals surface area contributed by atoms with E-state index in [0.717, 1.165) is 12.2 Å². The molecule has 0 saturated carbocycles. The molecule has 0 saturated heterocycles. The number of carboxylic acids is 2. The summed E-state index contributed by atoms with van der Waals surface area (Å²) in [4.78, 5) is 18.3. The number of carboxylic acid groups (broad SMARTS) is 2. The fraction of sp³-hybridized carbons (Fsp3) is 0. The molecular weight excluding hydrogens is 202 g/mol. The third kappa shape index (κ3) is 55.7. The molecule has 0 atom stereocenters. The maximum atomic E-state index is 9.14. The first kappa shape index (κ1) is 22.5. The van der Waals surface area contributed by atoms with Gasteiger partial charge in [-0.25, -0.2) is 0 Å². The van der Waals surface area contributed by atoms with Crippen LogP contribution in [0.2, 0.25) is 0 Å². The molecule has 65 valence electrons. The van der Waals surface area contributed by atoms with Crippen LogP contribution in [0, 0.1) is 0 Å². The van der Waals surface area contributed by atoms with Crippen molar-refractivity contribution in [2.75, 3.05) is 0 Å². The predicted molar refractivity (Wildman–Crippen MR) is 37.6 cm³/mol. The van der Waals surface area contributed by atoms with E-state index in [-0.39, 0.29) is 35.6 Å². The van der Waals surface area contributed by atoms with Crippen LogP contribution in [-0.4, -0.2) is 30.8 Å². The zero-order valence-corrected chi connectivity index (χ0v) is 6.58. The van der Waals surface area contributed by atoms with E-state index in [1.165, 1.54) is 0 Å². The van der Waals surface area contributed by atoms with Crippen molar-refractivity contribution in [1.29, 1.82) is 0 Å². The Morgan fingerprint density at radius 2 is 1.08 bits per heavy atom. The summed E-state index contributed by atoms with van der Waals surface area (Å²) in [6, 6.07) is 0. The molecule has 4 nitrogen and oxygen atoms in total. The molecule has 0 amide bonds. The average Bonchev–Trinajstić information content (AvgIpc) is 1.89. The molecule has 0 aliphatic carbocycles. The summed E-state index contributed by atoms with van der Waals surface area (Å²) in [6.45, 7) is 5.80. The molecule has 0 rings (SSSR count). The van der Waals surface area contributed by atoms with Gasteiger partial charge in [0.05, 0.1) is 11.9 Å². The van der Waals surface area contributed by atoms with Crippen LogP contribution in [0.4, 0.5) is 0 Å². The molecular formula is C6H7CoLiO4. The number of aliphatic carboxylic acids is 2. The van der Waals surface area contributed by atoms with Crippen LogP contribution in [0.5, 0.6) is 0 Å². The molecule has 0 aliphatic rings. The van der Waals surface area contributed by atoms with Gasteiger partial charge in [0.1, 0.15) is 0 Å². The Hall–Kier alpha value is -0.476. The van der Waals surface area contributed by atoms with E-state index < -0.39 is 11.9 Å². The topological polar surface area (TPSA) is 80.3 Å². The quantitative estimate of drug-likeness (QED) is 0.363. The Morgan fingerprint density at radius 3 is 1.08 bits per heavy atom. The van der Waals surface area contributed by atoms with Gasteiger partial charge in [0.2, 0.25) is 0 Å². The Labute approximate surface area is 92.7 Å². The van der Waals surface area contributed by atoms with E-state index in [4.69, 9.17) is 19.8 Å². The standard InChI is InChI=1S/2C3H4O2.Co.Li.H/c2*1-2-3(4)5;;;/h2*2H,1H2,(H,4,5);;;/q;;+2;;/p-2. The van der Waals surface area contributed by atoms with E-state index >= 15 is 0 Å². The second-order valence-corrected chi connectivity index (χ2v) is 1.05. The Balaban J connectivity index is -0.0000000457. The van der Waals surface area contributed by atoms with Crippen LogP contribution in [0.3, 0.4) is 0 Å². The van der Waals surface area contributed by atoms with Gasteiger partial charge in [-0.3, -0.25) is 0 Å². The van der Waals surface area contributed by atoms with Crippen molar-refractivity contribution in [3.63, 3.8) is 0 Å². The fourth-order valence-corrected chi connectivity index (χ4v) is 0. The zero-order chi connectivity index (χ0) is 8.57. The third-order valence-electron chi connectivity index (χ3n) is 0.333. The van der Waals surface area contributed by atoms with Gasteiger partial charge in [-0.05, 0) is 12.2 Å². The van der Waals surface area contributed by atoms with Crippen LogP contribution in [0.25, 0.3) is 0 Å². The van der Waals surface area contributed by atoms with E-state index in [0.29, 0.717) is 0 Å². The van der Waals surface area contributed by atoms with Gasteiger partial charge < -0.3 is 19.8 Å². The molecule has 0 N–H and O–H groups in total. The third-order valence-corrected chi connectivity index (χ3v) is 0.333. The Kier molecular flexibility index (Phi) is 31.7. The van der Waals surface area contributed by atoms with Gasteiger partial charge >= 0.3 is 35.6 Å². The van der Waals surface area contributed by atoms with Gasteiger partial charge in [-0.1, -0.05) is 13.2 Å². The number of rotatable bonds is 2. The molecule has 0 heterocycles. The summed E-state index contributed by atoms with van der Waals surface area (Å²) in [7, 11) is 0. The van der Waals surface area contributed by atoms with E-state index in [1.807, 2.05) is 0 Å². The first-order chi connectivity index (χ1) is 4.54. The van der Waals surface area contributed by atoms with Crippen molar-refractivity contribution in [3.05, 3.63) is 25.3 Å². The van der Waals surface area contributed by atoms with Gasteiger partial charge in [-0.2, -0.15) is 0 Å². The Bertz CT molecular complexity index is 140. The maximum absolute atomic E-state index is 9.14. The van der Waals surface area contributed by atoms with E-state index in [2.05, 4.69) is 13.2 Å². The zero-order valence-electron chi connectivity index (χ0n) is 5.54. The molecule has 0 fully saturated rings. The molecule has 12 heavy (non-hydrogen) atoms. The number of hydrogen-bond acceptors (Lipinski definition) is 4. The molecule has 0 aromatic heterocycles. The summed E-state index contributed by atoms with van der Waals surface area (Å²) in [5.74, 6) is -2.46. The summed E-state index contributed by atoms with van der Waals surface area (Å²) in [5, 5.41) is 18.3. The van der Waals surface area contributed by atoms with Crippen LogP contribution in [0.15, 0.2) is 25.3 Å². The first-order valence-corrected chi connectivity index (χ1v) is 2.21. The molecule has 0 bridgehead atoms. The summed E-state index contributed by atoms with van der Waals surface area (Å²) in [6.07, 6.45) is 1.44. The second kappa shape index (κ2) is 16.9. The van der Waals surface area contributed by atoms with Crippen LogP contribution in [-0.2, 0) is 26.4 Å². The van der Waals surface area contributed by atoms with Gasteiger partial charge in [0.15, 0.2) is 0 Å². The van der Waals surface area contributed by atoms with Gasteiger partial charge in [0, 0.05) is 0 Å². The molecule has 0 aromatic carbocycles. The fourth-order valence-electron chi connectivity index (χ4n) is 0. The SMILES string of the molecule is C=CC(=O)[O-].C=CC(=O)[O-].[Co+2].[LiH]. The predicted octanol–water partition coefficient (Wildman–Crippen LogP) is -2.81. The number of hydrogen-bond donors (Lipinski definition) is 0. The van der Waals surface area contributed by atoms with E-state index in [9.17, 15) is 0 Å². The molecule has 6 heteroatoms. The van der Waals surface area contributed by atoms with Gasteiger partial charge in [-0.15, -0.1) is 0 Å². The summed E-state index contributed by atoms with van der Waals surface area (Å²) < 4.78 is 0.